The molecule has 4 nitrogen and oxygen atoms in total. The van der Waals surface area contributed by atoms with Crippen LogP contribution in [0.2, 0.25) is 0 Å². The number of nitrogens with one attached hydrogen (secondary N) is 2. The largest absolute Gasteiger partial charge is 0.352 e. The van der Waals surface area contributed by atoms with Crippen molar-refractivity contribution in [1.82, 2.24) is 10.6 Å². The molecule has 0 fully saturated rings. The maximum atomic E-state index is 13.9. The zero-order chi connectivity index (χ0) is 17.5. The normalized spacial score (nSPS) is 12.4. The maximum Gasteiger partial charge on any atom is 0.191 e. The molecule has 2 aromatic carbocycles. The number of hydrogen-bond acceptors (Lipinski definition) is 2. The molecule has 0 aromatic heterocycles. The van der Waals surface area contributed by atoms with Gasteiger partial charge in [0.05, 0.1) is 17.7 Å². The van der Waals surface area contributed by atoms with Crippen LogP contribution in [0.1, 0.15) is 29.7 Å². The Balaban J connectivity index is 2.01. The molecule has 0 spiro atoms. The lowest BCUT2D eigenvalue weighted by Crippen LogP contribution is -2.38. The SMILES string of the molecule is CN=C(NCc1ccc(C#N)cc1F)NC(C)c1ccccc1Br. The average molecular weight is 389 g/mol. The highest BCUT2D eigenvalue weighted by Crippen LogP contribution is 2.22. The fraction of sp³-hybridized carbons (Fsp3) is 0.222. The van der Waals surface area contributed by atoms with Gasteiger partial charge >= 0.3 is 0 Å². The lowest BCUT2D eigenvalue weighted by atomic mass is 10.1. The van der Waals surface area contributed by atoms with Crippen LogP contribution in [0, 0.1) is 17.1 Å². The topological polar surface area (TPSA) is 60.2 Å². The molecular formula is C18H18BrFN4. The molecule has 0 saturated heterocycles. The molecule has 0 saturated carbocycles. The molecule has 124 valence electrons. The molecule has 0 radical (unpaired) electrons. The van der Waals surface area contributed by atoms with Crippen molar-refractivity contribution in [2.24, 2.45) is 4.99 Å². The van der Waals surface area contributed by atoms with Crippen molar-refractivity contribution in [3.63, 3.8) is 0 Å². The first kappa shape index (κ1) is 18.0. The molecule has 6 heteroatoms. The Bertz CT molecular complexity index is 783. The van der Waals surface area contributed by atoms with Crippen molar-refractivity contribution in [2.75, 3.05) is 7.05 Å². The zero-order valence-electron chi connectivity index (χ0n) is 13.5. The van der Waals surface area contributed by atoms with Gasteiger partial charge in [0.1, 0.15) is 5.82 Å². The minimum atomic E-state index is -0.407. The van der Waals surface area contributed by atoms with E-state index in [1.807, 2.05) is 37.3 Å². The van der Waals surface area contributed by atoms with Gasteiger partial charge in [0.15, 0.2) is 5.96 Å². The zero-order valence-corrected chi connectivity index (χ0v) is 15.1. The third-order valence-corrected chi connectivity index (χ3v) is 4.30. The summed E-state index contributed by atoms with van der Waals surface area (Å²) in [6, 6.07) is 14.3. The van der Waals surface area contributed by atoms with Crippen LogP contribution in [0.3, 0.4) is 0 Å². The molecule has 1 unspecified atom stereocenters. The Morgan fingerprint density at radius 3 is 2.71 bits per heavy atom. The minimum absolute atomic E-state index is 0.0255. The fourth-order valence-corrected chi connectivity index (χ4v) is 2.87. The lowest BCUT2D eigenvalue weighted by molar-refractivity contribution is 0.602. The number of aliphatic imine (C=N–C) groups is 1. The lowest BCUT2D eigenvalue weighted by Gasteiger charge is -2.19. The van der Waals surface area contributed by atoms with E-state index in [9.17, 15) is 4.39 Å². The highest BCUT2D eigenvalue weighted by Gasteiger charge is 2.11. The van der Waals surface area contributed by atoms with Gasteiger partial charge in [-0.15, -0.1) is 0 Å². The Morgan fingerprint density at radius 2 is 2.08 bits per heavy atom. The van der Waals surface area contributed by atoms with Crippen LogP contribution in [0.15, 0.2) is 51.9 Å². The number of rotatable bonds is 4. The summed E-state index contributed by atoms with van der Waals surface area (Å²) in [6.45, 7) is 2.30. The second-order valence-corrected chi connectivity index (χ2v) is 6.09. The molecule has 2 rings (SSSR count). The summed E-state index contributed by atoms with van der Waals surface area (Å²) in [4.78, 5) is 4.17. The molecule has 0 amide bonds. The molecule has 2 aromatic rings. The van der Waals surface area contributed by atoms with E-state index < -0.39 is 5.82 Å². The van der Waals surface area contributed by atoms with Gasteiger partial charge in [-0.05, 0) is 30.7 Å². The van der Waals surface area contributed by atoms with Crippen molar-refractivity contribution < 1.29 is 4.39 Å². The first-order valence-electron chi connectivity index (χ1n) is 7.45. The minimum Gasteiger partial charge on any atom is -0.352 e. The molecular weight excluding hydrogens is 371 g/mol. The number of halogens is 2. The first-order chi connectivity index (χ1) is 11.5. The molecule has 0 bridgehead atoms. The van der Waals surface area contributed by atoms with Crippen LogP contribution in [-0.4, -0.2) is 13.0 Å². The van der Waals surface area contributed by atoms with Crippen LogP contribution in [0.4, 0.5) is 4.39 Å². The Kier molecular flexibility index (Phi) is 6.33. The highest BCUT2D eigenvalue weighted by molar-refractivity contribution is 9.10. The highest BCUT2D eigenvalue weighted by atomic mass is 79.9. The van der Waals surface area contributed by atoms with Crippen molar-refractivity contribution in [3.05, 3.63) is 69.4 Å². The number of guanidine groups is 1. The predicted octanol–water partition coefficient (Wildman–Crippen LogP) is 3.89. The molecule has 24 heavy (non-hydrogen) atoms. The van der Waals surface area contributed by atoms with Gasteiger partial charge in [0, 0.05) is 23.6 Å². The third kappa shape index (κ3) is 4.56. The molecule has 0 aliphatic carbocycles. The monoisotopic (exact) mass is 388 g/mol. The van der Waals surface area contributed by atoms with E-state index >= 15 is 0 Å². The van der Waals surface area contributed by atoms with E-state index in [0.717, 1.165) is 10.0 Å². The van der Waals surface area contributed by atoms with Crippen molar-refractivity contribution in [1.29, 1.82) is 5.26 Å². The quantitative estimate of drug-likeness (QED) is 0.616. The number of hydrogen-bond donors (Lipinski definition) is 2. The summed E-state index contributed by atoms with van der Waals surface area (Å²) in [5, 5.41) is 15.1. The maximum absolute atomic E-state index is 13.9. The van der Waals surface area contributed by atoms with Gasteiger partial charge in [-0.3, -0.25) is 4.99 Å². The van der Waals surface area contributed by atoms with Gasteiger partial charge in [0.25, 0.3) is 0 Å². The van der Waals surface area contributed by atoms with Crippen molar-refractivity contribution >= 4 is 21.9 Å². The van der Waals surface area contributed by atoms with Gasteiger partial charge < -0.3 is 10.6 Å². The Hall–Kier alpha value is -2.39. The van der Waals surface area contributed by atoms with E-state index in [4.69, 9.17) is 5.26 Å². The molecule has 2 N–H and O–H groups in total. The summed E-state index contributed by atoms with van der Waals surface area (Å²) in [7, 11) is 1.66. The van der Waals surface area contributed by atoms with Crippen LogP contribution in [0.5, 0.6) is 0 Å². The Labute approximate surface area is 149 Å². The van der Waals surface area contributed by atoms with Crippen LogP contribution < -0.4 is 10.6 Å². The molecule has 0 heterocycles. The molecule has 0 aliphatic rings. The summed E-state index contributed by atoms with van der Waals surface area (Å²) in [5.41, 5.74) is 1.89. The first-order valence-corrected chi connectivity index (χ1v) is 8.24. The summed E-state index contributed by atoms with van der Waals surface area (Å²) >= 11 is 3.53. The summed E-state index contributed by atoms with van der Waals surface area (Å²) < 4.78 is 14.9. The third-order valence-electron chi connectivity index (χ3n) is 3.58. The standard InChI is InChI=1S/C18H18BrFN4/c1-12(15-5-3-4-6-16(15)19)24-18(22-2)23-11-14-8-7-13(10-21)9-17(14)20/h3-9,12H,11H2,1-2H3,(H2,22,23,24). The smallest absolute Gasteiger partial charge is 0.191 e. The number of benzene rings is 2. The molecule has 0 aliphatic heterocycles. The summed E-state index contributed by atoms with van der Waals surface area (Å²) in [5.74, 6) is 0.165. The van der Waals surface area contributed by atoms with Gasteiger partial charge in [-0.1, -0.05) is 40.2 Å². The van der Waals surface area contributed by atoms with E-state index in [2.05, 4.69) is 31.6 Å². The van der Waals surface area contributed by atoms with Crippen LogP contribution in [-0.2, 0) is 6.54 Å². The second kappa shape index (κ2) is 8.46. The van der Waals surface area contributed by atoms with Gasteiger partial charge in [0.2, 0.25) is 0 Å². The number of nitrogens with zero attached hydrogens (tertiary/aromatic N) is 2. The number of nitriles is 1. The van der Waals surface area contributed by atoms with E-state index in [0.29, 0.717) is 17.1 Å². The van der Waals surface area contributed by atoms with Crippen LogP contribution >= 0.6 is 15.9 Å². The Morgan fingerprint density at radius 1 is 1.33 bits per heavy atom. The summed E-state index contributed by atoms with van der Waals surface area (Å²) in [6.07, 6.45) is 0. The molecule has 1 atom stereocenters. The second-order valence-electron chi connectivity index (χ2n) is 5.23. The van der Waals surface area contributed by atoms with Gasteiger partial charge in [-0.25, -0.2) is 4.39 Å². The van der Waals surface area contributed by atoms with E-state index in [1.54, 1.807) is 19.2 Å². The van der Waals surface area contributed by atoms with Crippen LogP contribution in [0.25, 0.3) is 0 Å². The predicted molar refractivity (Wildman–Crippen MR) is 97.0 cm³/mol. The van der Waals surface area contributed by atoms with Gasteiger partial charge in [-0.2, -0.15) is 5.26 Å². The van der Waals surface area contributed by atoms with Crippen molar-refractivity contribution in [2.45, 2.75) is 19.5 Å². The van der Waals surface area contributed by atoms with E-state index in [-0.39, 0.29) is 12.6 Å². The van der Waals surface area contributed by atoms with Crippen molar-refractivity contribution in [3.8, 4) is 6.07 Å². The fourth-order valence-electron chi connectivity index (χ4n) is 2.24. The van der Waals surface area contributed by atoms with E-state index in [1.165, 1.54) is 6.07 Å². The average Bonchev–Trinajstić information content (AvgIpc) is 2.59.